The van der Waals surface area contributed by atoms with Gasteiger partial charge in [-0.05, 0) is 32.4 Å². The first kappa shape index (κ1) is 14.2. The summed E-state index contributed by atoms with van der Waals surface area (Å²) in [6.45, 7) is 4.72. The van der Waals surface area contributed by atoms with E-state index < -0.39 is 10.0 Å². The lowest BCUT2D eigenvalue weighted by molar-refractivity contribution is 0.186. The molecule has 1 aliphatic heterocycles. The van der Waals surface area contributed by atoms with Crippen LogP contribution in [0.2, 0.25) is 0 Å². The molecule has 2 fully saturated rings. The van der Waals surface area contributed by atoms with Gasteiger partial charge in [0, 0.05) is 26.2 Å². The summed E-state index contributed by atoms with van der Waals surface area (Å²) < 4.78 is 26.5. The molecule has 2 aliphatic rings. The van der Waals surface area contributed by atoms with Crippen molar-refractivity contribution in [1.29, 1.82) is 0 Å². The van der Waals surface area contributed by atoms with E-state index in [4.69, 9.17) is 5.73 Å². The second-order valence-electron chi connectivity index (χ2n) is 5.33. The van der Waals surface area contributed by atoms with E-state index in [1.54, 1.807) is 4.31 Å². The molecule has 0 bridgehead atoms. The van der Waals surface area contributed by atoms with Gasteiger partial charge < -0.3 is 10.6 Å². The van der Waals surface area contributed by atoms with Gasteiger partial charge in [-0.15, -0.1) is 0 Å². The lowest BCUT2D eigenvalue weighted by Crippen LogP contribution is -2.51. The molecule has 18 heavy (non-hydrogen) atoms. The van der Waals surface area contributed by atoms with E-state index in [1.807, 2.05) is 0 Å². The molecule has 0 aromatic carbocycles. The number of hydrogen-bond acceptors (Lipinski definition) is 4. The van der Waals surface area contributed by atoms with Crippen molar-refractivity contribution < 1.29 is 8.42 Å². The first-order chi connectivity index (χ1) is 8.64. The smallest absolute Gasteiger partial charge is 0.217 e. The monoisotopic (exact) mass is 275 g/mol. The summed E-state index contributed by atoms with van der Waals surface area (Å²) in [4.78, 5) is 2.31. The summed E-state index contributed by atoms with van der Waals surface area (Å²) in [5.74, 6) is 0. The molecule has 1 saturated heterocycles. The average molecular weight is 275 g/mol. The molecule has 0 radical (unpaired) electrons. The van der Waals surface area contributed by atoms with Crippen LogP contribution in [0.15, 0.2) is 0 Å². The number of hydrogen-bond donors (Lipinski definition) is 1. The molecule has 0 aromatic heterocycles. The van der Waals surface area contributed by atoms with Crippen LogP contribution in [0, 0.1) is 0 Å². The van der Waals surface area contributed by atoms with Crippen molar-refractivity contribution in [3.63, 3.8) is 0 Å². The summed E-state index contributed by atoms with van der Waals surface area (Å²) >= 11 is 0. The number of rotatable bonds is 5. The summed E-state index contributed by atoms with van der Waals surface area (Å²) in [7, 11) is -3.02. The number of piperazine rings is 1. The van der Waals surface area contributed by atoms with E-state index in [1.165, 1.54) is 0 Å². The third kappa shape index (κ3) is 3.23. The fourth-order valence-electron chi connectivity index (χ4n) is 2.92. The SMILES string of the molecule is NCCCN1CCN(S(=O)(=O)C2CCCC2)CC1. The number of sulfonamides is 1. The second kappa shape index (κ2) is 6.32. The maximum Gasteiger partial charge on any atom is 0.217 e. The van der Waals surface area contributed by atoms with Crippen LogP contribution in [0.5, 0.6) is 0 Å². The molecule has 1 aliphatic carbocycles. The van der Waals surface area contributed by atoms with Crippen molar-refractivity contribution in [2.75, 3.05) is 39.3 Å². The quantitative estimate of drug-likeness (QED) is 0.780. The highest BCUT2D eigenvalue weighted by Crippen LogP contribution is 2.27. The molecule has 0 unspecified atom stereocenters. The Hall–Kier alpha value is -0.170. The highest BCUT2D eigenvalue weighted by Gasteiger charge is 2.35. The molecule has 1 heterocycles. The van der Waals surface area contributed by atoms with Crippen molar-refractivity contribution in [3.05, 3.63) is 0 Å². The van der Waals surface area contributed by atoms with E-state index in [0.717, 1.165) is 51.7 Å². The Morgan fingerprint density at radius 2 is 1.67 bits per heavy atom. The third-order valence-electron chi connectivity index (χ3n) is 4.09. The van der Waals surface area contributed by atoms with Crippen molar-refractivity contribution in [2.45, 2.75) is 37.4 Å². The Morgan fingerprint density at radius 1 is 1.06 bits per heavy atom. The molecule has 106 valence electrons. The van der Waals surface area contributed by atoms with Crippen molar-refractivity contribution in [3.8, 4) is 0 Å². The minimum Gasteiger partial charge on any atom is -0.330 e. The van der Waals surface area contributed by atoms with Gasteiger partial charge in [0.15, 0.2) is 0 Å². The van der Waals surface area contributed by atoms with Gasteiger partial charge in [0.1, 0.15) is 0 Å². The standard InChI is InChI=1S/C12H25N3O2S/c13-6-3-7-14-8-10-15(11-9-14)18(16,17)12-4-1-2-5-12/h12H,1-11,13H2. The van der Waals surface area contributed by atoms with Crippen molar-refractivity contribution >= 4 is 10.0 Å². The molecular formula is C12H25N3O2S. The van der Waals surface area contributed by atoms with Crippen LogP contribution in [0.25, 0.3) is 0 Å². The zero-order valence-electron chi connectivity index (χ0n) is 11.1. The van der Waals surface area contributed by atoms with E-state index in [-0.39, 0.29) is 5.25 Å². The normalized spacial score (nSPS) is 24.7. The fraction of sp³-hybridized carbons (Fsp3) is 1.00. The van der Waals surface area contributed by atoms with Crippen LogP contribution >= 0.6 is 0 Å². The van der Waals surface area contributed by atoms with Gasteiger partial charge >= 0.3 is 0 Å². The third-order valence-corrected chi connectivity index (χ3v) is 6.49. The molecule has 0 aromatic rings. The van der Waals surface area contributed by atoms with E-state index in [0.29, 0.717) is 19.6 Å². The Kier molecular flexibility index (Phi) is 5.00. The molecule has 2 rings (SSSR count). The minimum absolute atomic E-state index is 0.104. The van der Waals surface area contributed by atoms with Gasteiger partial charge in [0.2, 0.25) is 10.0 Å². The topological polar surface area (TPSA) is 66.6 Å². The maximum atomic E-state index is 12.4. The second-order valence-corrected chi connectivity index (χ2v) is 7.55. The summed E-state index contributed by atoms with van der Waals surface area (Å²) in [5.41, 5.74) is 5.49. The average Bonchev–Trinajstić information content (AvgIpc) is 2.91. The first-order valence-electron chi connectivity index (χ1n) is 7.06. The van der Waals surface area contributed by atoms with Crippen LogP contribution < -0.4 is 5.73 Å². The Bertz CT molecular complexity index is 344. The lowest BCUT2D eigenvalue weighted by Gasteiger charge is -2.35. The zero-order chi connectivity index (χ0) is 13.0. The van der Waals surface area contributed by atoms with Crippen LogP contribution in [0.3, 0.4) is 0 Å². The molecule has 0 spiro atoms. The fourth-order valence-corrected chi connectivity index (χ4v) is 4.94. The molecule has 0 atom stereocenters. The molecule has 0 amide bonds. The molecular weight excluding hydrogens is 250 g/mol. The summed E-state index contributed by atoms with van der Waals surface area (Å²) in [6.07, 6.45) is 4.85. The predicted molar refractivity (Wildman–Crippen MR) is 72.9 cm³/mol. The number of nitrogens with zero attached hydrogens (tertiary/aromatic N) is 2. The zero-order valence-corrected chi connectivity index (χ0v) is 11.9. The van der Waals surface area contributed by atoms with Gasteiger partial charge in [0.25, 0.3) is 0 Å². The Morgan fingerprint density at radius 3 is 2.22 bits per heavy atom. The van der Waals surface area contributed by atoms with Crippen molar-refractivity contribution in [1.82, 2.24) is 9.21 Å². The molecule has 6 heteroatoms. The molecule has 2 N–H and O–H groups in total. The van der Waals surface area contributed by atoms with Gasteiger partial charge in [-0.2, -0.15) is 4.31 Å². The maximum absolute atomic E-state index is 12.4. The molecule has 5 nitrogen and oxygen atoms in total. The first-order valence-corrected chi connectivity index (χ1v) is 8.56. The largest absolute Gasteiger partial charge is 0.330 e. The van der Waals surface area contributed by atoms with Crippen LogP contribution in [-0.4, -0.2) is 62.1 Å². The highest BCUT2D eigenvalue weighted by molar-refractivity contribution is 7.89. The summed E-state index contributed by atoms with van der Waals surface area (Å²) in [6, 6.07) is 0. The summed E-state index contributed by atoms with van der Waals surface area (Å²) in [5, 5.41) is -0.104. The van der Waals surface area contributed by atoms with Crippen LogP contribution in [0.1, 0.15) is 32.1 Å². The van der Waals surface area contributed by atoms with Crippen LogP contribution in [0.4, 0.5) is 0 Å². The molecule has 1 saturated carbocycles. The highest BCUT2D eigenvalue weighted by atomic mass is 32.2. The Balaban J connectivity index is 1.85. The minimum atomic E-state index is -3.02. The predicted octanol–water partition coefficient (Wildman–Crippen LogP) is 0.225. The Labute approximate surface area is 110 Å². The lowest BCUT2D eigenvalue weighted by atomic mass is 10.3. The number of nitrogens with two attached hydrogens (primary N) is 1. The van der Waals surface area contributed by atoms with E-state index in [9.17, 15) is 8.42 Å². The van der Waals surface area contributed by atoms with Gasteiger partial charge in [-0.25, -0.2) is 8.42 Å². The van der Waals surface area contributed by atoms with Gasteiger partial charge in [-0.3, -0.25) is 0 Å². The van der Waals surface area contributed by atoms with E-state index in [2.05, 4.69) is 4.90 Å². The van der Waals surface area contributed by atoms with Gasteiger partial charge in [-0.1, -0.05) is 12.8 Å². The van der Waals surface area contributed by atoms with E-state index >= 15 is 0 Å². The van der Waals surface area contributed by atoms with Crippen LogP contribution in [-0.2, 0) is 10.0 Å². The van der Waals surface area contributed by atoms with Crippen molar-refractivity contribution in [2.24, 2.45) is 5.73 Å². The van der Waals surface area contributed by atoms with Gasteiger partial charge in [0.05, 0.1) is 5.25 Å².